The van der Waals surface area contributed by atoms with Crippen LogP contribution in [0.4, 0.5) is 24.5 Å². The average Bonchev–Trinajstić information content (AvgIpc) is 3.55. The van der Waals surface area contributed by atoms with Gasteiger partial charge in [-0.1, -0.05) is 18.2 Å². The van der Waals surface area contributed by atoms with Crippen LogP contribution in [0.25, 0.3) is 0 Å². The topological polar surface area (TPSA) is 100 Å². The Labute approximate surface area is 200 Å². The van der Waals surface area contributed by atoms with Gasteiger partial charge in [0.2, 0.25) is 11.8 Å². The number of rotatable bonds is 8. The SMILES string of the molecule is CCOC(=O)[C@@H]1[C@H](C(=O)Nc2cccc(C(F)(F)F)c2)[C@@H]1C(=O)N/N=C\c1ccc(N(C)C)cc1. The van der Waals surface area contributed by atoms with Crippen molar-refractivity contribution >= 4 is 35.4 Å². The molecular weight excluding hydrogens is 465 g/mol. The second kappa shape index (κ2) is 10.6. The van der Waals surface area contributed by atoms with Gasteiger partial charge in [-0.25, -0.2) is 5.43 Å². The minimum Gasteiger partial charge on any atom is -0.466 e. The van der Waals surface area contributed by atoms with Crippen molar-refractivity contribution < 1.29 is 32.3 Å². The van der Waals surface area contributed by atoms with Crippen LogP contribution < -0.4 is 15.6 Å². The third-order valence-corrected chi connectivity index (χ3v) is 5.44. The summed E-state index contributed by atoms with van der Waals surface area (Å²) in [5.41, 5.74) is 2.98. The molecule has 0 spiro atoms. The van der Waals surface area contributed by atoms with Crippen LogP contribution in [-0.4, -0.2) is 44.7 Å². The molecule has 0 radical (unpaired) electrons. The molecule has 0 heterocycles. The molecule has 0 bridgehead atoms. The molecule has 35 heavy (non-hydrogen) atoms. The van der Waals surface area contributed by atoms with Crippen LogP contribution >= 0.6 is 0 Å². The Bertz CT molecular complexity index is 1120. The Morgan fingerprint density at radius 1 is 1.03 bits per heavy atom. The van der Waals surface area contributed by atoms with Crippen LogP contribution in [0.5, 0.6) is 0 Å². The van der Waals surface area contributed by atoms with E-state index in [4.69, 9.17) is 4.74 Å². The Balaban J connectivity index is 1.68. The summed E-state index contributed by atoms with van der Waals surface area (Å²) in [6.45, 7) is 1.63. The van der Waals surface area contributed by atoms with Crippen molar-refractivity contribution in [2.45, 2.75) is 13.1 Å². The van der Waals surface area contributed by atoms with Crippen LogP contribution in [0, 0.1) is 17.8 Å². The highest BCUT2D eigenvalue weighted by Gasteiger charge is 2.63. The molecule has 11 heteroatoms. The number of nitrogens with one attached hydrogen (secondary N) is 2. The molecule has 0 aromatic heterocycles. The molecule has 2 amide bonds. The number of nitrogens with zero attached hydrogens (tertiary/aromatic N) is 2. The molecule has 186 valence electrons. The number of benzene rings is 2. The lowest BCUT2D eigenvalue weighted by atomic mass is 10.2. The lowest BCUT2D eigenvalue weighted by Gasteiger charge is -2.11. The first kappa shape index (κ1) is 25.7. The standard InChI is InChI=1S/C24H25F3N4O4/c1-4-35-23(34)20-18(21(32)29-16-7-5-6-15(12-16)24(25,26)27)19(20)22(33)30-28-13-14-8-10-17(11-9-14)31(2)3/h5-13,18-20H,4H2,1-3H3,(H,29,32)(H,30,33)/b28-13-/t18-,19+,20-/m1/s1. The molecular formula is C24H25F3N4O4. The van der Waals surface area contributed by atoms with Gasteiger partial charge in [0.05, 0.1) is 36.1 Å². The van der Waals surface area contributed by atoms with E-state index < -0.39 is 47.3 Å². The quantitative estimate of drug-likeness (QED) is 0.336. The predicted octanol–water partition coefficient (Wildman–Crippen LogP) is 3.29. The average molecular weight is 490 g/mol. The Kier molecular flexibility index (Phi) is 7.78. The molecule has 3 rings (SSSR count). The number of alkyl halides is 3. The van der Waals surface area contributed by atoms with Gasteiger partial charge in [0, 0.05) is 25.5 Å². The number of amides is 2. The number of carbonyl (C=O) groups excluding carboxylic acids is 3. The van der Waals surface area contributed by atoms with E-state index in [1.807, 2.05) is 31.1 Å². The highest BCUT2D eigenvalue weighted by atomic mass is 19.4. The van der Waals surface area contributed by atoms with Gasteiger partial charge in [-0.3, -0.25) is 14.4 Å². The highest BCUT2D eigenvalue weighted by Crippen LogP contribution is 2.48. The molecule has 0 aliphatic heterocycles. The summed E-state index contributed by atoms with van der Waals surface area (Å²) in [6, 6.07) is 11.4. The number of hydrogen-bond donors (Lipinski definition) is 2. The molecule has 2 aromatic rings. The van der Waals surface area contributed by atoms with E-state index in [-0.39, 0.29) is 12.3 Å². The van der Waals surface area contributed by atoms with Crippen LogP contribution in [0.15, 0.2) is 53.6 Å². The zero-order valence-corrected chi connectivity index (χ0v) is 19.3. The number of hydrazone groups is 1. The maximum Gasteiger partial charge on any atom is 0.416 e. The summed E-state index contributed by atoms with van der Waals surface area (Å²) in [5, 5.41) is 6.24. The number of carbonyl (C=O) groups is 3. The minimum atomic E-state index is -4.58. The smallest absolute Gasteiger partial charge is 0.416 e. The molecule has 2 aromatic carbocycles. The molecule has 0 unspecified atom stereocenters. The molecule has 1 aliphatic carbocycles. The van der Waals surface area contributed by atoms with Crippen molar-refractivity contribution in [1.29, 1.82) is 0 Å². The Morgan fingerprint density at radius 3 is 2.29 bits per heavy atom. The fourth-order valence-electron chi connectivity index (χ4n) is 3.60. The molecule has 1 aliphatic rings. The van der Waals surface area contributed by atoms with E-state index >= 15 is 0 Å². The second-order valence-corrected chi connectivity index (χ2v) is 8.12. The van der Waals surface area contributed by atoms with Gasteiger partial charge in [0.25, 0.3) is 0 Å². The summed E-state index contributed by atoms with van der Waals surface area (Å²) >= 11 is 0. The number of hydrogen-bond acceptors (Lipinski definition) is 6. The maximum absolute atomic E-state index is 13.0. The van der Waals surface area contributed by atoms with E-state index in [0.29, 0.717) is 5.56 Å². The van der Waals surface area contributed by atoms with E-state index in [9.17, 15) is 27.6 Å². The monoisotopic (exact) mass is 490 g/mol. The fourth-order valence-corrected chi connectivity index (χ4v) is 3.60. The Morgan fingerprint density at radius 2 is 1.69 bits per heavy atom. The zero-order chi connectivity index (χ0) is 25.8. The molecule has 2 N–H and O–H groups in total. The summed E-state index contributed by atoms with van der Waals surface area (Å²) in [6.07, 6.45) is -3.17. The van der Waals surface area contributed by atoms with Crippen molar-refractivity contribution in [2.75, 3.05) is 30.9 Å². The lowest BCUT2D eigenvalue weighted by molar-refractivity contribution is -0.146. The van der Waals surface area contributed by atoms with Crippen LogP contribution in [0.1, 0.15) is 18.1 Å². The van der Waals surface area contributed by atoms with Crippen LogP contribution in [0.2, 0.25) is 0 Å². The summed E-state index contributed by atoms with van der Waals surface area (Å²) in [5.74, 6) is -5.39. The molecule has 3 atom stereocenters. The molecule has 0 saturated heterocycles. The predicted molar refractivity (Wildman–Crippen MR) is 124 cm³/mol. The lowest BCUT2D eigenvalue weighted by Crippen LogP contribution is -2.24. The van der Waals surface area contributed by atoms with Crippen molar-refractivity contribution in [3.05, 3.63) is 59.7 Å². The summed E-state index contributed by atoms with van der Waals surface area (Å²) in [4.78, 5) is 39.6. The zero-order valence-electron chi connectivity index (χ0n) is 19.3. The number of ether oxygens (including phenoxy) is 1. The number of esters is 1. The maximum atomic E-state index is 13.0. The third-order valence-electron chi connectivity index (χ3n) is 5.44. The first-order chi connectivity index (χ1) is 16.5. The molecule has 8 nitrogen and oxygen atoms in total. The van der Waals surface area contributed by atoms with Gasteiger partial charge in [0.1, 0.15) is 0 Å². The van der Waals surface area contributed by atoms with Crippen molar-refractivity contribution in [3.63, 3.8) is 0 Å². The van der Waals surface area contributed by atoms with Gasteiger partial charge in [-0.15, -0.1) is 0 Å². The van der Waals surface area contributed by atoms with Crippen molar-refractivity contribution in [3.8, 4) is 0 Å². The molecule has 1 fully saturated rings. The number of halogens is 3. The van der Waals surface area contributed by atoms with E-state index in [1.165, 1.54) is 12.3 Å². The third kappa shape index (κ3) is 6.37. The normalized spacial score (nSPS) is 19.2. The number of anilines is 2. The first-order valence-electron chi connectivity index (χ1n) is 10.8. The van der Waals surface area contributed by atoms with Gasteiger partial charge in [0.15, 0.2) is 0 Å². The van der Waals surface area contributed by atoms with E-state index in [0.717, 1.165) is 23.9 Å². The van der Waals surface area contributed by atoms with E-state index in [1.54, 1.807) is 19.1 Å². The van der Waals surface area contributed by atoms with Crippen LogP contribution in [0.3, 0.4) is 0 Å². The second-order valence-electron chi connectivity index (χ2n) is 8.12. The van der Waals surface area contributed by atoms with Gasteiger partial charge in [-0.05, 0) is 42.8 Å². The summed E-state index contributed by atoms with van der Waals surface area (Å²) in [7, 11) is 3.80. The molecule has 1 saturated carbocycles. The van der Waals surface area contributed by atoms with Crippen molar-refractivity contribution in [2.24, 2.45) is 22.9 Å². The fraction of sp³-hybridized carbons (Fsp3) is 0.333. The van der Waals surface area contributed by atoms with Crippen molar-refractivity contribution in [1.82, 2.24) is 5.43 Å². The minimum absolute atomic E-state index is 0.0483. The summed E-state index contributed by atoms with van der Waals surface area (Å²) < 4.78 is 43.8. The first-order valence-corrected chi connectivity index (χ1v) is 10.8. The van der Waals surface area contributed by atoms with Gasteiger partial charge >= 0.3 is 12.1 Å². The van der Waals surface area contributed by atoms with Gasteiger partial charge < -0.3 is 15.0 Å². The van der Waals surface area contributed by atoms with E-state index in [2.05, 4.69) is 15.8 Å². The highest BCUT2D eigenvalue weighted by molar-refractivity contribution is 6.05. The Hall–Kier alpha value is -3.89. The largest absolute Gasteiger partial charge is 0.466 e. The van der Waals surface area contributed by atoms with Gasteiger partial charge in [-0.2, -0.15) is 18.3 Å². The van der Waals surface area contributed by atoms with Crippen LogP contribution in [-0.2, 0) is 25.3 Å².